The fraction of sp³-hybridized carbons (Fsp3) is 0.138. The maximum Gasteiger partial charge on any atom is 0.405 e. The lowest BCUT2D eigenvalue weighted by Gasteiger charge is -2.10. The first kappa shape index (κ1) is 28.2. The summed E-state index contributed by atoms with van der Waals surface area (Å²) < 4.78 is 51.8. The summed E-state index contributed by atoms with van der Waals surface area (Å²) in [5, 5.41) is 12.1. The summed E-state index contributed by atoms with van der Waals surface area (Å²) in [7, 11) is 0. The van der Waals surface area contributed by atoms with Crippen molar-refractivity contribution in [2.24, 2.45) is 0 Å². The van der Waals surface area contributed by atoms with Gasteiger partial charge in [0.25, 0.3) is 5.91 Å². The highest BCUT2D eigenvalue weighted by Gasteiger charge is 2.28. The van der Waals surface area contributed by atoms with E-state index >= 15 is 0 Å². The molecular weight excluding hydrogens is 554 g/mol. The van der Waals surface area contributed by atoms with Crippen LogP contribution >= 0.6 is 0 Å². The first-order valence-corrected chi connectivity index (χ1v) is 12.6. The maximum atomic E-state index is 13.1. The number of carbonyl (C=O) groups is 2. The van der Waals surface area contributed by atoms with Gasteiger partial charge in [-0.25, -0.2) is 13.9 Å². The second-order valence-corrected chi connectivity index (χ2v) is 9.39. The average molecular weight is 578 g/mol. The molecule has 42 heavy (non-hydrogen) atoms. The van der Waals surface area contributed by atoms with Gasteiger partial charge >= 0.3 is 6.18 Å². The van der Waals surface area contributed by atoms with Crippen molar-refractivity contribution >= 4 is 34.8 Å². The van der Waals surface area contributed by atoms with Crippen molar-refractivity contribution in [1.29, 1.82) is 0 Å². The van der Waals surface area contributed by atoms with Crippen LogP contribution in [0, 0.1) is 12.7 Å². The number of hydrogen-bond donors (Lipinski definition) is 3. The Balaban J connectivity index is 1.23. The first-order chi connectivity index (χ1) is 20.0. The van der Waals surface area contributed by atoms with Gasteiger partial charge in [0.05, 0.1) is 18.3 Å². The number of amides is 2. The molecule has 5 aromatic rings. The minimum absolute atomic E-state index is 0.123. The molecular formula is C29H23F4N7O2. The van der Waals surface area contributed by atoms with Gasteiger partial charge in [-0.05, 0) is 66.1 Å². The third-order valence-electron chi connectivity index (χ3n) is 6.15. The van der Waals surface area contributed by atoms with Crippen LogP contribution < -0.4 is 16.0 Å². The van der Waals surface area contributed by atoms with E-state index < -0.39 is 18.6 Å². The number of hydrogen-bond acceptors (Lipinski definition) is 6. The molecule has 0 aliphatic carbocycles. The molecule has 2 aromatic carbocycles. The molecule has 0 aliphatic heterocycles. The van der Waals surface area contributed by atoms with E-state index in [1.54, 1.807) is 53.3 Å². The summed E-state index contributed by atoms with van der Waals surface area (Å²) in [5.41, 5.74) is 4.49. The molecule has 3 N–H and O–H groups in total. The zero-order valence-electron chi connectivity index (χ0n) is 22.0. The molecule has 0 fully saturated rings. The Bertz CT molecular complexity index is 1750. The number of carbonyl (C=O) groups excluding carboxylic acids is 2. The van der Waals surface area contributed by atoms with Crippen LogP contribution in [0.1, 0.15) is 21.6 Å². The molecule has 0 saturated carbocycles. The van der Waals surface area contributed by atoms with Gasteiger partial charge < -0.3 is 16.0 Å². The van der Waals surface area contributed by atoms with E-state index in [2.05, 4.69) is 25.7 Å². The molecule has 0 aliphatic rings. The number of benzene rings is 2. The van der Waals surface area contributed by atoms with E-state index in [0.29, 0.717) is 28.1 Å². The Hall–Kier alpha value is -5.33. The van der Waals surface area contributed by atoms with Gasteiger partial charge in [-0.15, -0.1) is 5.10 Å². The molecule has 0 bridgehead atoms. The van der Waals surface area contributed by atoms with Gasteiger partial charge in [0.1, 0.15) is 18.1 Å². The van der Waals surface area contributed by atoms with Crippen molar-refractivity contribution in [1.82, 2.24) is 24.9 Å². The normalized spacial score (nSPS) is 11.4. The smallest absolute Gasteiger partial charge is 0.342 e. The minimum atomic E-state index is -4.52. The summed E-state index contributed by atoms with van der Waals surface area (Å²) in [5.74, 6) is -1.25. The second-order valence-electron chi connectivity index (χ2n) is 9.39. The maximum absolute atomic E-state index is 13.1. The monoisotopic (exact) mass is 577 g/mol. The molecule has 2 amide bonds. The van der Waals surface area contributed by atoms with Gasteiger partial charge in [0, 0.05) is 17.4 Å². The number of pyridine rings is 2. The van der Waals surface area contributed by atoms with Crippen LogP contribution in [0.3, 0.4) is 0 Å². The summed E-state index contributed by atoms with van der Waals surface area (Å²) in [6.45, 7) is 0.229. The van der Waals surface area contributed by atoms with Crippen molar-refractivity contribution in [2.45, 2.75) is 19.5 Å². The van der Waals surface area contributed by atoms with Gasteiger partial charge in [-0.3, -0.25) is 9.59 Å². The minimum Gasteiger partial charge on any atom is -0.342 e. The fourth-order valence-electron chi connectivity index (χ4n) is 4.05. The topological polar surface area (TPSA) is 113 Å². The molecule has 5 rings (SSSR count). The highest BCUT2D eigenvalue weighted by molar-refractivity contribution is 5.93. The Morgan fingerprint density at radius 1 is 0.952 bits per heavy atom. The Morgan fingerprint density at radius 2 is 1.67 bits per heavy atom. The third kappa shape index (κ3) is 7.05. The number of anilines is 3. The van der Waals surface area contributed by atoms with Crippen molar-refractivity contribution < 1.29 is 27.2 Å². The van der Waals surface area contributed by atoms with E-state index in [0.717, 1.165) is 11.1 Å². The van der Waals surface area contributed by atoms with E-state index in [-0.39, 0.29) is 29.8 Å². The Morgan fingerprint density at radius 3 is 2.36 bits per heavy atom. The van der Waals surface area contributed by atoms with Crippen LogP contribution in [0.5, 0.6) is 0 Å². The number of nitrogens with zero attached hydrogens (tertiary/aromatic N) is 4. The number of aromatic nitrogens is 4. The van der Waals surface area contributed by atoms with Crippen molar-refractivity contribution in [2.75, 3.05) is 17.2 Å². The number of halogens is 4. The number of fused-ring (bicyclic) bond motifs is 1. The quantitative estimate of drug-likeness (QED) is 0.211. The van der Waals surface area contributed by atoms with Crippen LogP contribution in [-0.4, -0.2) is 44.1 Å². The highest BCUT2D eigenvalue weighted by atomic mass is 19.4. The zero-order valence-corrected chi connectivity index (χ0v) is 22.0. The van der Waals surface area contributed by atoms with Gasteiger partial charge in [-0.2, -0.15) is 18.2 Å². The molecule has 3 heterocycles. The predicted molar refractivity (Wildman–Crippen MR) is 148 cm³/mol. The van der Waals surface area contributed by atoms with Gasteiger partial charge in [0.15, 0.2) is 5.65 Å². The Labute approximate surface area is 236 Å². The molecule has 9 nitrogen and oxygen atoms in total. The van der Waals surface area contributed by atoms with E-state index in [1.807, 2.05) is 18.2 Å². The van der Waals surface area contributed by atoms with Gasteiger partial charge in [0.2, 0.25) is 11.9 Å². The largest absolute Gasteiger partial charge is 0.405 e. The second kappa shape index (κ2) is 11.6. The molecule has 214 valence electrons. The van der Waals surface area contributed by atoms with Crippen LogP contribution in [0.2, 0.25) is 0 Å². The van der Waals surface area contributed by atoms with E-state index in [9.17, 15) is 27.2 Å². The highest BCUT2D eigenvalue weighted by Crippen LogP contribution is 2.24. The molecule has 0 spiro atoms. The average Bonchev–Trinajstić information content (AvgIpc) is 3.36. The molecule has 0 radical (unpaired) electrons. The summed E-state index contributed by atoms with van der Waals surface area (Å²) in [6, 6.07) is 18.1. The molecule has 3 aromatic heterocycles. The summed E-state index contributed by atoms with van der Waals surface area (Å²) in [4.78, 5) is 32.7. The van der Waals surface area contributed by atoms with Crippen LogP contribution in [0.25, 0.3) is 16.8 Å². The number of rotatable bonds is 8. The lowest BCUT2D eigenvalue weighted by molar-refractivity contribution is -0.123. The lowest BCUT2D eigenvalue weighted by Crippen LogP contribution is -2.34. The summed E-state index contributed by atoms with van der Waals surface area (Å²) in [6.07, 6.45) is -1.28. The molecule has 0 atom stereocenters. The molecule has 0 unspecified atom stereocenters. The lowest BCUT2D eigenvalue weighted by atomic mass is 10.1. The van der Waals surface area contributed by atoms with Crippen LogP contribution in [0.15, 0.2) is 79.1 Å². The van der Waals surface area contributed by atoms with Gasteiger partial charge in [-0.1, -0.05) is 24.3 Å². The molecule has 0 saturated heterocycles. The third-order valence-corrected chi connectivity index (χ3v) is 6.15. The predicted octanol–water partition coefficient (Wildman–Crippen LogP) is 5.46. The fourth-order valence-corrected chi connectivity index (χ4v) is 4.05. The zero-order chi connectivity index (χ0) is 29.9. The van der Waals surface area contributed by atoms with Crippen molar-refractivity contribution in [3.05, 3.63) is 102 Å². The van der Waals surface area contributed by atoms with Crippen molar-refractivity contribution in [3.8, 4) is 11.1 Å². The first-order valence-electron chi connectivity index (χ1n) is 12.6. The Kier molecular flexibility index (Phi) is 7.82. The number of nitrogens with one attached hydrogen (secondary N) is 3. The SMILES string of the molecule is Cc1cc(C(=O)NCC(F)(F)F)ncc1Nc1nc2ccc(-c3ccc(NC(=O)Cc4ccc(F)cc4)cc3)cn2n1. The van der Waals surface area contributed by atoms with Crippen LogP contribution in [0.4, 0.5) is 34.9 Å². The van der Waals surface area contributed by atoms with E-state index in [4.69, 9.17) is 0 Å². The number of aryl methyl sites for hydroxylation is 1. The standard InChI is InChI=1S/C29H23F4N7O2/c1-17-12-23(27(42)35-16-29(31,32)33)34-14-24(17)37-28-38-25-11-6-20(15-40(25)39-28)19-4-9-22(10-5-19)36-26(41)13-18-2-7-21(30)8-3-18/h2-12,14-15H,13,16H2,1H3,(H,35,42)(H,36,41)(H,37,39). The number of alkyl halides is 3. The van der Waals surface area contributed by atoms with Crippen LogP contribution in [-0.2, 0) is 11.2 Å². The summed E-state index contributed by atoms with van der Waals surface area (Å²) >= 11 is 0. The molecule has 13 heteroatoms. The van der Waals surface area contributed by atoms with Crippen molar-refractivity contribution in [3.63, 3.8) is 0 Å². The van der Waals surface area contributed by atoms with E-state index in [1.165, 1.54) is 24.4 Å².